The van der Waals surface area contributed by atoms with Gasteiger partial charge in [-0.1, -0.05) is 23.9 Å². The van der Waals surface area contributed by atoms with Gasteiger partial charge in [-0.05, 0) is 18.2 Å². The second-order valence-electron chi connectivity index (χ2n) is 3.52. The molecule has 0 aliphatic rings. The number of hydrogen-bond acceptors (Lipinski definition) is 4. The molecule has 1 aromatic heterocycles. The fourth-order valence-electron chi connectivity index (χ4n) is 1.36. The van der Waals surface area contributed by atoms with E-state index in [0.29, 0.717) is 15.6 Å². The van der Waals surface area contributed by atoms with Crippen LogP contribution in [0.15, 0.2) is 46.5 Å². The Labute approximate surface area is 107 Å². The average molecular weight is 263 g/mol. The lowest BCUT2D eigenvalue weighted by Gasteiger charge is -2.06. The Hall–Kier alpha value is -2.08. The number of carbonyl (C=O) groups is 1. The van der Waals surface area contributed by atoms with E-state index in [1.54, 1.807) is 18.2 Å². The summed E-state index contributed by atoms with van der Waals surface area (Å²) < 4.78 is 13.5. The van der Waals surface area contributed by atoms with E-state index in [1.165, 1.54) is 18.3 Å². The maximum absolute atomic E-state index is 13.5. The first-order valence-corrected chi connectivity index (χ1v) is 5.87. The van der Waals surface area contributed by atoms with Crippen LogP contribution in [0.3, 0.4) is 0 Å². The molecule has 0 saturated heterocycles. The molecule has 1 heterocycles. The third-order valence-corrected chi connectivity index (χ3v) is 3.25. The molecule has 0 aliphatic carbocycles. The van der Waals surface area contributed by atoms with Crippen molar-refractivity contribution in [3.63, 3.8) is 0 Å². The van der Waals surface area contributed by atoms with Crippen molar-refractivity contribution in [2.24, 2.45) is 5.73 Å². The Morgan fingerprint density at radius 1 is 1.33 bits per heavy atom. The second-order valence-corrected chi connectivity index (χ2v) is 4.55. The number of primary amides is 1. The molecule has 18 heavy (non-hydrogen) atoms. The van der Waals surface area contributed by atoms with E-state index in [9.17, 15) is 9.18 Å². The summed E-state index contributed by atoms with van der Waals surface area (Å²) >= 11 is 1.04. The van der Waals surface area contributed by atoms with Gasteiger partial charge in [0.1, 0.15) is 10.8 Å². The number of anilines is 1. The number of benzene rings is 1. The quantitative estimate of drug-likeness (QED) is 0.888. The van der Waals surface area contributed by atoms with Gasteiger partial charge in [0.2, 0.25) is 0 Å². The van der Waals surface area contributed by atoms with Gasteiger partial charge in [-0.3, -0.25) is 4.79 Å². The van der Waals surface area contributed by atoms with Gasteiger partial charge in [0, 0.05) is 4.90 Å². The minimum atomic E-state index is -0.645. The fraction of sp³-hybridized carbons (Fsp3) is 0. The monoisotopic (exact) mass is 263 g/mol. The molecule has 0 spiro atoms. The number of carbonyl (C=O) groups excluding carboxylic acids is 1. The predicted octanol–water partition coefficient (Wildman–Crippen LogP) is 2.05. The van der Waals surface area contributed by atoms with Gasteiger partial charge in [0.25, 0.3) is 5.91 Å². The summed E-state index contributed by atoms with van der Waals surface area (Å²) in [6, 6.07) is 7.66. The molecule has 2 rings (SSSR count). The van der Waals surface area contributed by atoms with Gasteiger partial charge >= 0.3 is 0 Å². The minimum absolute atomic E-state index is 0.184. The van der Waals surface area contributed by atoms with Gasteiger partial charge < -0.3 is 11.5 Å². The molecular formula is C12H10FN3OS. The molecule has 0 aliphatic heterocycles. The highest BCUT2D eigenvalue weighted by Crippen LogP contribution is 2.31. The Kier molecular flexibility index (Phi) is 3.47. The molecule has 1 amide bonds. The maximum Gasteiger partial charge on any atom is 0.251 e. The van der Waals surface area contributed by atoms with Crippen LogP contribution in [0.5, 0.6) is 0 Å². The van der Waals surface area contributed by atoms with Crippen LogP contribution < -0.4 is 11.5 Å². The standard InChI is InChI=1S/C12H10FN3OS/c13-9-3-1-2-4-10(9)18-12-8(11(15)17)5-7(14)6-16-12/h1-6H,14H2,(H2,15,17). The van der Waals surface area contributed by atoms with Crippen LogP contribution in [0.4, 0.5) is 10.1 Å². The number of aromatic nitrogens is 1. The van der Waals surface area contributed by atoms with E-state index in [0.717, 1.165) is 11.8 Å². The van der Waals surface area contributed by atoms with Crippen LogP contribution in [-0.4, -0.2) is 10.9 Å². The van der Waals surface area contributed by atoms with Crippen LogP contribution in [-0.2, 0) is 0 Å². The lowest BCUT2D eigenvalue weighted by Crippen LogP contribution is -2.13. The minimum Gasteiger partial charge on any atom is -0.397 e. The highest BCUT2D eigenvalue weighted by molar-refractivity contribution is 7.99. The predicted molar refractivity (Wildman–Crippen MR) is 67.7 cm³/mol. The van der Waals surface area contributed by atoms with Gasteiger partial charge in [-0.15, -0.1) is 0 Å². The van der Waals surface area contributed by atoms with Crippen molar-refractivity contribution in [3.05, 3.63) is 47.9 Å². The normalized spacial score (nSPS) is 10.3. The molecule has 0 atom stereocenters. The molecule has 4 N–H and O–H groups in total. The summed E-state index contributed by atoms with van der Waals surface area (Å²) in [5.41, 5.74) is 11.3. The SMILES string of the molecule is NC(=O)c1cc(N)cnc1Sc1ccccc1F. The largest absolute Gasteiger partial charge is 0.397 e. The van der Waals surface area contributed by atoms with Gasteiger partial charge in [0.05, 0.1) is 17.4 Å². The van der Waals surface area contributed by atoms with Crippen LogP contribution in [0.25, 0.3) is 0 Å². The van der Waals surface area contributed by atoms with Crippen LogP contribution in [0, 0.1) is 5.82 Å². The van der Waals surface area contributed by atoms with Gasteiger partial charge in [-0.25, -0.2) is 9.37 Å². The molecule has 6 heteroatoms. The summed E-state index contributed by atoms with van der Waals surface area (Å²) in [5, 5.41) is 0.335. The number of nitrogen functional groups attached to an aromatic ring is 1. The zero-order valence-corrected chi connectivity index (χ0v) is 10.1. The number of amides is 1. The van der Waals surface area contributed by atoms with Gasteiger partial charge in [0.15, 0.2) is 0 Å². The third-order valence-electron chi connectivity index (χ3n) is 2.18. The summed E-state index contributed by atoms with van der Waals surface area (Å²) in [6.45, 7) is 0. The van der Waals surface area contributed by atoms with Crippen molar-refractivity contribution in [1.82, 2.24) is 4.98 Å². The molecule has 2 aromatic rings. The topological polar surface area (TPSA) is 82.0 Å². The zero-order chi connectivity index (χ0) is 13.1. The first-order chi connectivity index (χ1) is 8.58. The van der Waals surface area contributed by atoms with Crippen molar-refractivity contribution in [3.8, 4) is 0 Å². The Morgan fingerprint density at radius 3 is 2.72 bits per heavy atom. The number of halogens is 1. The summed E-state index contributed by atoms with van der Waals surface area (Å²) in [5.74, 6) is -1.02. The van der Waals surface area contributed by atoms with E-state index in [-0.39, 0.29) is 11.4 Å². The molecular weight excluding hydrogens is 253 g/mol. The highest BCUT2D eigenvalue weighted by Gasteiger charge is 2.13. The lowest BCUT2D eigenvalue weighted by atomic mass is 10.2. The van der Waals surface area contributed by atoms with Crippen molar-refractivity contribution in [2.75, 3.05) is 5.73 Å². The van der Waals surface area contributed by atoms with Crippen LogP contribution in [0.1, 0.15) is 10.4 Å². The molecule has 0 fully saturated rings. The van der Waals surface area contributed by atoms with Crippen molar-refractivity contribution in [2.45, 2.75) is 9.92 Å². The number of pyridine rings is 1. The smallest absolute Gasteiger partial charge is 0.251 e. The average Bonchev–Trinajstić information content (AvgIpc) is 2.34. The Bertz CT molecular complexity index is 604. The molecule has 1 aromatic carbocycles. The zero-order valence-electron chi connectivity index (χ0n) is 9.26. The van der Waals surface area contributed by atoms with E-state index >= 15 is 0 Å². The Morgan fingerprint density at radius 2 is 2.06 bits per heavy atom. The van der Waals surface area contributed by atoms with Crippen molar-refractivity contribution >= 4 is 23.4 Å². The van der Waals surface area contributed by atoms with E-state index in [2.05, 4.69) is 4.98 Å². The van der Waals surface area contributed by atoms with E-state index in [1.807, 2.05) is 0 Å². The molecule has 0 unspecified atom stereocenters. The van der Waals surface area contributed by atoms with Crippen molar-refractivity contribution in [1.29, 1.82) is 0 Å². The summed E-state index contributed by atoms with van der Waals surface area (Å²) in [7, 11) is 0. The summed E-state index contributed by atoms with van der Waals surface area (Å²) in [4.78, 5) is 15.6. The number of hydrogen-bond donors (Lipinski definition) is 2. The fourth-order valence-corrected chi connectivity index (χ4v) is 2.25. The van der Waals surface area contributed by atoms with Crippen LogP contribution >= 0.6 is 11.8 Å². The molecule has 4 nitrogen and oxygen atoms in total. The van der Waals surface area contributed by atoms with E-state index in [4.69, 9.17) is 11.5 Å². The molecule has 0 saturated carbocycles. The second kappa shape index (κ2) is 5.05. The molecule has 0 bridgehead atoms. The van der Waals surface area contributed by atoms with E-state index < -0.39 is 5.91 Å². The molecule has 92 valence electrons. The number of rotatable bonds is 3. The Balaban J connectivity index is 2.41. The third kappa shape index (κ3) is 2.60. The maximum atomic E-state index is 13.5. The molecule has 0 radical (unpaired) electrons. The number of nitrogens with zero attached hydrogens (tertiary/aromatic N) is 1. The summed E-state index contributed by atoms with van der Waals surface area (Å²) in [6.07, 6.45) is 1.40. The highest BCUT2D eigenvalue weighted by atomic mass is 32.2. The first kappa shape index (κ1) is 12.4. The van der Waals surface area contributed by atoms with Crippen LogP contribution in [0.2, 0.25) is 0 Å². The lowest BCUT2D eigenvalue weighted by molar-refractivity contribution is 0.0997. The van der Waals surface area contributed by atoms with Crippen molar-refractivity contribution < 1.29 is 9.18 Å². The number of nitrogens with two attached hydrogens (primary N) is 2. The van der Waals surface area contributed by atoms with Gasteiger partial charge in [-0.2, -0.15) is 0 Å². The first-order valence-electron chi connectivity index (χ1n) is 5.05.